The SMILES string of the molecule is Clc1ccc2c(c1)CC1CCCN1C2. The van der Waals surface area contributed by atoms with E-state index in [4.69, 9.17) is 11.6 Å². The average Bonchev–Trinajstić information content (AvgIpc) is 2.61. The van der Waals surface area contributed by atoms with Gasteiger partial charge in [0.15, 0.2) is 0 Å². The molecule has 2 heteroatoms. The summed E-state index contributed by atoms with van der Waals surface area (Å²) in [5.74, 6) is 0. The molecule has 3 rings (SSSR count). The van der Waals surface area contributed by atoms with E-state index in [2.05, 4.69) is 17.0 Å². The van der Waals surface area contributed by atoms with E-state index in [1.807, 2.05) is 6.07 Å². The van der Waals surface area contributed by atoms with E-state index < -0.39 is 0 Å². The molecule has 0 amide bonds. The summed E-state index contributed by atoms with van der Waals surface area (Å²) in [5.41, 5.74) is 2.95. The van der Waals surface area contributed by atoms with Gasteiger partial charge in [-0.15, -0.1) is 0 Å². The molecule has 1 unspecified atom stereocenters. The smallest absolute Gasteiger partial charge is 0.0408 e. The average molecular weight is 208 g/mol. The van der Waals surface area contributed by atoms with Gasteiger partial charge in [-0.25, -0.2) is 0 Å². The fourth-order valence-electron chi connectivity index (χ4n) is 2.75. The molecule has 14 heavy (non-hydrogen) atoms. The quantitative estimate of drug-likeness (QED) is 0.633. The first kappa shape index (κ1) is 8.75. The zero-order valence-electron chi connectivity index (χ0n) is 8.17. The summed E-state index contributed by atoms with van der Waals surface area (Å²) in [5, 5.41) is 0.884. The molecule has 0 N–H and O–H groups in total. The van der Waals surface area contributed by atoms with E-state index in [1.165, 1.54) is 36.9 Å². The Labute approximate surface area is 89.7 Å². The van der Waals surface area contributed by atoms with Crippen molar-refractivity contribution in [3.05, 3.63) is 34.3 Å². The summed E-state index contributed by atoms with van der Waals surface area (Å²) in [6.45, 7) is 2.42. The molecule has 0 aromatic heterocycles. The Morgan fingerprint density at radius 2 is 2.21 bits per heavy atom. The Morgan fingerprint density at radius 3 is 3.14 bits per heavy atom. The van der Waals surface area contributed by atoms with Crippen molar-refractivity contribution >= 4 is 11.6 Å². The van der Waals surface area contributed by atoms with Crippen molar-refractivity contribution in [2.45, 2.75) is 31.8 Å². The van der Waals surface area contributed by atoms with Gasteiger partial charge in [-0.1, -0.05) is 17.7 Å². The zero-order chi connectivity index (χ0) is 9.54. The Balaban J connectivity index is 1.97. The third-order valence-electron chi connectivity index (χ3n) is 3.50. The van der Waals surface area contributed by atoms with E-state index in [0.29, 0.717) is 0 Å². The summed E-state index contributed by atoms with van der Waals surface area (Å²) in [6, 6.07) is 7.14. The van der Waals surface area contributed by atoms with E-state index in [-0.39, 0.29) is 0 Å². The largest absolute Gasteiger partial charge is 0.296 e. The number of halogens is 1. The number of nitrogens with zero attached hydrogens (tertiary/aromatic N) is 1. The van der Waals surface area contributed by atoms with Crippen molar-refractivity contribution in [2.24, 2.45) is 0 Å². The third-order valence-corrected chi connectivity index (χ3v) is 3.73. The fraction of sp³-hybridized carbons (Fsp3) is 0.500. The molecular weight excluding hydrogens is 194 g/mol. The second-order valence-electron chi connectivity index (χ2n) is 4.38. The molecule has 2 aliphatic heterocycles. The van der Waals surface area contributed by atoms with Crippen molar-refractivity contribution < 1.29 is 0 Å². The minimum absolute atomic E-state index is 0.793. The second kappa shape index (κ2) is 3.25. The first-order chi connectivity index (χ1) is 6.83. The van der Waals surface area contributed by atoms with Crippen LogP contribution < -0.4 is 0 Å². The highest BCUT2D eigenvalue weighted by Crippen LogP contribution is 2.31. The second-order valence-corrected chi connectivity index (χ2v) is 4.82. The number of hydrogen-bond acceptors (Lipinski definition) is 1. The minimum atomic E-state index is 0.793. The normalized spacial score (nSPS) is 25.9. The highest BCUT2D eigenvalue weighted by molar-refractivity contribution is 6.30. The maximum atomic E-state index is 6.01. The number of benzene rings is 1. The van der Waals surface area contributed by atoms with Crippen LogP contribution >= 0.6 is 11.6 Å². The van der Waals surface area contributed by atoms with Crippen LogP contribution in [0, 0.1) is 0 Å². The maximum absolute atomic E-state index is 6.01. The van der Waals surface area contributed by atoms with Crippen molar-refractivity contribution in [2.75, 3.05) is 6.54 Å². The molecule has 0 saturated carbocycles. The molecule has 0 bridgehead atoms. The van der Waals surface area contributed by atoms with Crippen LogP contribution in [0.2, 0.25) is 5.02 Å². The summed E-state index contributed by atoms with van der Waals surface area (Å²) < 4.78 is 0. The van der Waals surface area contributed by atoms with Crippen LogP contribution in [0.15, 0.2) is 18.2 Å². The zero-order valence-corrected chi connectivity index (χ0v) is 8.93. The van der Waals surface area contributed by atoms with Gasteiger partial charge in [-0.2, -0.15) is 0 Å². The van der Waals surface area contributed by atoms with Crippen LogP contribution in [-0.2, 0) is 13.0 Å². The predicted molar refractivity (Wildman–Crippen MR) is 58.6 cm³/mol. The molecule has 1 atom stereocenters. The van der Waals surface area contributed by atoms with Gasteiger partial charge in [0, 0.05) is 17.6 Å². The predicted octanol–water partition coefficient (Wildman–Crippen LogP) is 2.86. The molecule has 1 aromatic carbocycles. The van der Waals surface area contributed by atoms with Gasteiger partial charge in [0.1, 0.15) is 0 Å². The van der Waals surface area contributed by atoms with Gasteiger partial charge in [0.05, 0.1) is 0 Å². The van der Waals surface area contributed by atoms with Crippen molar-refractivity contribution in [1.29, 1.82) is 0 Å². The summed E-state index contributed by atoms with van der Waals surface area (Å²) in [7, 11) is 0. The number of hydrogen-bond donors (Lipinski definition) is 0. The van der Waals surface area contributed by atoms with Crippen LogP contribution in [0.1, 0.15) is 24.0 Å². The number of fused-ring (bicyclic) bond motifs is 2. The molecule has 0 spiro atoms. The number of rotatable bonds is 0. The lowest BCUT2D eigenvalue weighted by Gasteiger charge is -2.31. The minimum Gasteiger partial charge on any atom is -0.296 e. The molecule has 2 aliphatic rings. The Morgan fingerprint density at radius 1 is 1.29 bits per heavy atom. The van der Waals surface area contributed by atoms with Gasteiger partial charge in [0.25, 0.3) is 0 Å². The first-order valence-electron chi connectivity index (χ1n) is 5.34. The standard InChI is InChI=1S/C12H14ClN/c13-11-4-3-9-8-14-5-1-2-12(14)7-10(9)6-11/h3-4,6,12H,1-2,5,7-8H2. The van der Waals surface area contributed by atoms with Gasteiger partial charge >= 0.3 is 0 Å². The van der Waals surface area contributed by atoms with Gasteiger partial charge < -0.3 is 0 Å². The Kier molecular flexibility index (Phi) is 2.03. The summed E-state index contributed by atoms with van der Waals surface area (Å²) in [4.78, 5) is 2.61. The Hall–Kier alpha value is -0.530. The molecule has 0 radical (unpaired) electrons. The van der Waals surface area contributed by atoms with Crippen LogP contribution in [-0.4, -0.2) is 17.5 Å². The lowest BCUT2D eigenvalue weighted by atomic mass is 9.94. The van der Waals surface area contributed by atoms with E-state index >= 15 is 0 Å². The van der Waals surface area contributed by atoms with Crippen molar-refractivity contribution in [3.63, 3.8) is 0 Å². The lowest BCUT2D eigenvalue weighted by Crippen LogP contribution is -2.35. The van der Waals surface area contributed by atoms with E-state index in [1.54, 1.807) is 0 Å². The molecular formula is C12H14ClN. The highest BCUT2D eigenvalue weighted by atomic mass is 35.5. The summed E-state index contributed by atoms with van der Waals surface area (Å²) in [6.07, 6.45) is 3.94. The first-order valence-corrected chi connectivity index (χ1v) is 5.72. The topological polar surface area (TPSA) is 3.24 Å². The van der Waals surface area contributed by atoms with Crippen LogP contribution in [0.5, 0.6) is 0 Å². The Bertz CT molecular complexity index is 361. The van der Waals surface area contributed by atoms with Crippen molar-refractivity contribution in [1.82, 2.24) is 4.90 Å². The maximum Gasteiger partial charge on any atom is 0.0408 e. The van der Waals surface area contributed by atoms with Gasteiger partial charge in [0.2, 0.25) is 0 Å². The molecule has 1 saturated heterocycles. The lowest BCUT2D eigenvalue weighted by molar-refractivity contribution is 0.227. The molecule has 0 aliphatic carbocycles. The van der Waals surface area contributed by atoms with E-state index in [9.17, 15) is 0 Å². The van der Waals surface area contributed by atoms with Crippen LogP contribution in [0.4, 0.5) is 0 Å². The molecule has 1 fully saturated rings. The van der Waals surface area contributed by atoms with Gasteiger partial charge in [-0.05, 0) is 49.1 Å². The molecule has 74 valence electrons. The van der Waals surface area contributed by atoms with E-state index in [0.717, 1.165) is 17.6 Å². The molecule has 2 heterocycles. The molecule has 1 aromatic rings. The van der Waals surface area contributed by atoms with Crippen LogP contribution in [0.3, 0.4) is 0 Å². The highest BCUT2D eigenvalue weighted by Gasteiger charge is 2.29. The molecule has 1 nitrogen and oxygen atoms in total. The van der Waals surface area contributed by atoms with Crippen molar-refractivity contribution in [3.8, 4) is 0 Å². The monoisotopic (exact) mass is 207 g/mol. The van der Waals surface area contributed by atoms with Crippen LogP contribution in [0.25, 0.3) is 0 Å². The van der Waals surface area contributed by atoms with Gasteiger partial charge in [-0.3, -0.25) is 4.90 Å². The fourth-order valence-corrected chi connectivity index (χ4v) is 2.94. The third kappa shape index (κ3) is 1.35. The summed E-state index contributed by atoms with van der Waals surface area (Å²) >= 11 is 6.01.